The second kappa shape index (κ2) is 4.91. The number of carbonyl (C=O) groups is 1. The van der Waals surface area contributed by atoms with Crippen LogP contribution in [-0.4, -0.2) is 16.0 Å². The number of amides is 1. The van der Waals surface area contributed by atoms with Gasteiger partial charge in [-0.05, 0) is 36.5 Å². The van der Waals surface area contributed by atoms with Crippen LogP contribution in [0.2, 0.25) is 0 Å². The first-order valence-electron chi connectivity index (χ1n) is 5.56. The fourth-order valence-corrected chi connectivity index (χ4v) is 2.86. The van der Waals surface area contributed by atoms with Gasteiger partial charge in [0.25, 0.3) is 5.91 Å². The van der Waals surface area contributed by atoms with Crippen LogP contribution in [0.15, 0.2) is 42.4 Å². The van der Waals surface area contributed by atoms with E-state index in [4.69, 9.17) is 12.2 Å². The van der Waals surface area contributed by atoms with Crippen LogP contribution < -0.4 is 10.6 Å². The Morgan fingerprint density at radius 2 is 2.16 bits per heavy atom. The molecule has 6 heteroatoms. The van der Waals surface area contributed by atoms with E-state index >= 15 is 0 Å². The quantitative estimate of drug-likeness (QED) is 0.656. The van der Waals surface area contributed by atoms with E-state index in [1.54, 1.807) is 23.6 Å². The molecule has 1 amide bonds. The van der Waals surface area contributed by atoms with Gasteiger partial charge in [0.1, 0.15) is 5.70 Å². The molecule has 0 aliphatic carbocycles. The van der Waals surface area contributed by atoms with E-state index in [2.05, 4.69) is 15.6 Å². The zero-order valence-corrected chi connectivity index (χ0v) is 11.3. The molecule has 19 heavy (non-hydrogen) atoms. The van der Waals surface area contributed by atoms with Gasteiger partial charge in [0.05, 0.1) is 0 Å². The fraction of sp³-hybridized carbons (Fsp3) is 0. The van der Waals surface area contributed by atoms with Crippen LogP contribution in [0.5, 0.6) is 0 Å². The number of pyridine rings is 1. The van der Waals surface area contributed by atoms with Gasteiger partial charge in [-0.15, -0.1) is 11.3 Å². The van der Waals surface area contributed by atoms with Crippen molar-refractivity contribution in [3.05, 3.63) is 47.2 Å². The zero-order valence-electron chi connectivity index (χ0n) is 9.71. The van der Waals surface area contributed by atoms with Gasteiger partial charge in [-0.25, -0.2) is 0 Å². The number of rotatable bonds is 2. The van der Waals surface area contributed by atoms with Gasteiger partial charge < -0.3 is 5.32 Å². The van der Waals surface area contributed by atoms with Crippen molar-refractivity contribution in [1.29, 1.82) is 0 Å². The highest BCUT2D eigenvalue weighted by molar-refractivity contribution is 7.80. The Morgan fingerprint density at radius 3 is 2.84 bits per heavy atom. The third-order valence-electron chi connectivity index (χ3n) is 2.58. The summed E-state index contributed by atoms with van der Waals surface area (Å²) in [5.74, 6) is -0.193. The Bertz CT molecular complexity index is 676. The lowest BCUT2D eigenvalue weighted by Gasteiger charge is -1.94. The Hall–Kier alpha value is -2.05. The van der Waals surface area contributed by atoms with Crippen molar-refractivity contribution in [3.63, 3.8) is 0 Å². The van der Waals surface area contributed by atoms with E-state index in [1.807, 2.05) is 30.5 Å². The van der Waals surface area contributed by atoms with Crippen LogP contribution in [0.1, 0.15) is 4.88 Å². The monoisotopic (exact) mass is 287 g/mol. The maximum atomic E-state index is 11.5. The molecular formula is C13H9N3OS2. The maximum Gasteiger partial charge on any atom is 0.273 e. The first kappa shape index (κ1) is 12.0. The largest absolute Gasteiger partial charge is 0.328 e. The Balaban J connectivity index is 1.89. The van der Waals surface area contributed by atoms with E-state index in [9.17, 15) is 4.79 Å². The van der Waals surface area contributed by atoms with Crippen molar-refractivity contribution in [2.45, 2.75) is 0 Å². The highest BCUT2D eigenvalue weighted by Crippen LogP contribution is 2.28. The van der Waals surface area contributed by atoms with Crippen LogP contribution in [0.3, 0.4) is 0 Å². The molecule has 0 radical (unpaired) electrons. The third-order valence-corrected chi connectivity index (χ3v) is 3.86. The molecule has 2 aromatic heterocycles. The van der Waals surface area contributed by atoms with E-state index in [0.717, 1.165) is 15.3 Å². The summed E-state index contributed by atoms with van der Waals surface area (Å²) in [7, 11) is 0. The van der Waals surface area contributed by atoms with Crippen LogP contribution in [0.4, 0.5) is 0 Å². The summed E-state index contributed by atoms with van der Waals surface area (Å²) in [6.45, 7) is 0. The Kier molecular flexibility index (Phi) is 3.10. The van der Waals surface area contributed by atoms with Gasteiger partial charge in [-0.1, -0.05) is 6.07 Å². The summed E-state index contributed by atoms with van der Waals surface area (Å²) in [6, 6.07) is 7.89. The van der Waals surface area contributed by atoms with Crippen LogP contribution in [-0.2, 0) is 4.79 Å². The zero-order chi connectivity index (χ0) is 13.2. The SMILES string of the molecule is O=C1NC(=S)N/C1=C/c1ccc(-c2cccnc2)s1. The minimum atomic E-state index is -0.193. The molecule has 3 rings (SSSR count). The minimum absolute atomic E-state index is 0.193. The molecule has 0 spiro atoms. The van der Waals surface area contributed by atoms with Crippen molar-refractivity contribution in [2.24, 2.45) is 0 Å². The second-order valence-corrected chi connectivity index (χ2v) is 5.43. The molecule has 0 atom stereocenters. The molecule has 94 valence electrons. The summed E-state index contributed by atoms with van der Waals surface area (Å²) >= 11 is 6.48. The molecule has 2 N–H and O–H groups in total. The fourth-order valence-electron chi connectivity index (χ4n) is 1.72. The van der Waals surface area contributed by atoms with Crippen molar-refractivity contribution < 1.29 is 4.79 Å². The summed E-state index contributed by atoms with van der Waals surface area (Å²) in [5, 5.41) is 5.71. The summed E-state index contributed by atoms with van der Waals surface area (Å²) in [6.07, 6.45) is 5.35. The summed E-state index contributed by atoms with van der Waals surface area (Å²) in [4.78, 5) is 17.7. The summed E-state index contributed by atoms with van der Waals surface area (Å²) in [5.41, 5.74) is 1.54. The molecule has 4 nitrogen and oxygen atoms in total. The minimum Gasteiger partial charge on any atom is -0.328 e. The first-order valence-corrected chi connectivity index (χ1v) is 6.79. The molecule has 1 saturated heterocycles. The molecule has 0 aromatic carbocycles. The number of hydrogen-bond donors (Lipinski definition) is 2. The van der Waals surface area contributed by atoms with E-state index in [0.29, 0.717) is 10.8 Å². The average molecular weight is 287 g/mol. The second-order valence-electron chi connectivity index (χ2n) is 3.91. The Labute approximate surface area is 119 Å². The van der Waals surface area contributed by atoms with Gasteiger partial charge in [-0.3, -0.25) is 15.1 Å². The first-order chi connectivity index (χ1) is 9.22. The van der Waals surface area contributed by atoms with Gasteiger partial charge in [0.15, 0.2) is 5.11 Å². The van der Waals surface area contributed by atoms with Crippen molar-refractivity contribution in [3.8, 4) is 10.4 Å². The van der Waals surface area contributed by atoms with Gasteiger partial charge in [0.2, 0.25) is 0 Å². The van der Waals surface area contributed by atoms with E-state index in [-0.39, 0.29) is 5.91 Å². The molecule has 3 heterocycles. The topological polar surface area (TPSA) is 54.0 Å². The summed E-state index contributed by atoms with van der Waals surface area (Å²) < 4.78 is 0. The predicted molar refractivity (Wildman–Crippen MR) is 79.4 cm³/mol. The number of thiocarbonyl (C=S) groups is 1. The third kappa shape index (κ3) is 2.54. The molecule has 1 fully saturated rings. The molecule has 1 aliphatic heterocycles. The maximum absolute atomic E-state index is 11.5. The molecule has 0 unspecified atom stereocenters. The van der Waals surface area contributed by atoms with Crippen molar-refractivity contribution in [1.82, 2.24) is 15.6 Å². The molecular weight excluding hydrogens is 278 g/mol. The van der Waals surface area contributed by atoms with Gasteiger partial charge in [-0.2, -0.15) is 0 Å². The molecule has 0 bridgehead atoms. The Morgan fingerprint density at radius 1 is 1.26 bits per heavy atom. The highest BCUT2D eigenvalue weighted by atomic mass is 32.1. The van der Waals surface area contributed by atoms with E-state index in [1.165, 1.54) is 0 Å². The average Bonchev–Trinajstić information content (AvgIpc) is 2.99. The van der Waals surface area contributed by atoms with Gasteiger partial charge in [0, 0.05) is 27.7 Å². The molecule has 1 aliphatic rings. The smallest absolute Gasteiger partial charge is 0.273 e. The molecule has 2 aromatic rings. The van der Waals surface area contributed by atoms with E-state index < -0.39 is 0 Å². The number of nitrogens with one attached hydrogen (secondary N) is 2. The number of nitrogens with zero attached hydrogens (tertiary/aromatic N) is 1. The van der Waals surface area contributed by atoms with Crippen molar-refractivity contribution in [2.75, 3.05) is 0 Å². The normalized spacial score (nSPS) is 16.5. The standard InChI is InChI=1S/C13H9N3OS2/c17-12-10(15-13(18)16-12)6-9-3-4-11(19-9)8-2-1-5-14-7-8/h1-7H,(H2,15,16,17,18)/b10-6+. The highest BCUT2D eigenvalue weighted by Gasteiger charge is 2.20. The van der Waals surface area contributed by atoms with Gasteiger partial charge >= 0.3 is 0 Å². The number of hydrogen-bond acceptors (Lipinski definition) is 4. The van der Waals surface area contributed by atoms with Crippen molar-refractivity contribution >= 4 is 40.7 Å². The number of aromatic nitrogens is 1. The van der Waals surface area contributed by atoms with Crippen LogP contribution in [0, 0.1) is 0 Å². The predicted octanol–water partition coefficient (Wildman–Crippen LogP) is 2.16. The molecule has 0 saturated carbocycles. The number of carbonyl (C=O) groups excluding carboxylic acids is 1. The lowest BCUT2D eigenvalue weighted by Crippen LogP contribution is -2.21. The lowest BCUT2D eigenvalue weighted by atomic mass is 10.2. The number of thiophene rings is 1. The van der Waals surface area contributed by atoms with Crippen LogP contribution >= 0.6 is 23.6 Å². The van der Waals surface area contributed by atoms with Crippen LogP contribution in [0.25, 0.3) is 16.5 Å². The lowest BCUT2D eigenvalue weighted by molar-refractivity contribution is -0.115.